The zero-order valence-corrected chi connectivity index (χ0v) is 17.1. The number of hydrogen-bond donors (Lipinski definition) is 2. The molecule has 31 heavy (non-hydrogen) atoms. The van der Waals surface area contributed by atoms with Crippen molar-refractivity contribution in [1.82, 2.24) is 24.3 Å². The van der Waals surface area contributed by atoms with Crippen LogP contribution in [-0.2, 0) is 7.05 Å². The summed E-state index contributed by atoms with van der Waals surface area (Å²) >= 11 is 6.21. The number of carbonyl (C=O) groups is 1. The van der Waals surface area contributed by atoms with E-state index < -0.39 is 22.9 Å². The largest absolute Gasteiger partial charge is 0.501 e. The van der Waals surface area contributed by atoms with Crippen molar-refractivity contribution in [2.24, 2.45) is 7.05 Å². The molecule has 158 valence electrons. The van der Waals surface area contributed by atoms with E-state index in [1.807, 2.05) is 10.6 Å². The highest BCUT2D eigenvalue weighted by Gasteiger charge is 2.29. The Kier molecular flexibility index (Phi) is 4.51. The highest BCUT2D eigenvalue weighted by atomic mass is 35.5. The van der Waals surface area contributed by atoms with Crippen LogP contribution < -0.4 is 10.9 Å². The van der Waals surface area contributed by atoms with Crippen molar-refractivity contribution < 1.29 is 14.4 Å². The first kappa shape index (κ1) is 19.3. The molecule has 1 aliphatic rings. The average Bonchev–Trinajstić information content (AvgIpc) is 3.33. The number of amides is 1. The van der Waals surface area contributed by atoms with Gasteiger partial charge in [-0.1, -0.05) is 16.8 Å². The minimum atomic E-state index is -0.769. The van der Waals surface area contributed by atoms with E-state index in [1.165, 1.54) is 24.1 Å². The molecule has 1 fully saturated rings. The summed E-state index contributed by atoms with van der Waals surface area (Å²) in [5, 5.41) is 16.9. The fourth-order valence-electron chi connectivity index (χ4n) is 3.64. The van der Waals surface area contributed by atoms with Crippen LogP contribution in [0.5, 0.6) is 5.75 Å². The summed E-state index contributed by atoms with van der Waals surface area (Å²) in [4.78, 5) is 34.4. The number of carbonyl (C=O) groups excluding carboxylic acids is 1. The second-order valence-corrected chi connectivity index (χ2v) is 7.82. The van der Waals surface area contributed by atoms with Gasteiger partial charge in [-0.15, -0.1) is 0 Å². The second-order valence-electron chi connectivity index (χ2n) is 7.39. The zero-order chi connectivity index (χ0) is 21.7. The molecule has 1 saturated carbocycles. The molecule has 0 bridgehead atoms. The van der Waals surface area contributed by atoms with Crippen LogP contribution in [0.4, 0.5) is 5.69 Å². The number of imidazole rings is 1. The molecule has 0 aliphatic heterocycles. The number of aromatic hydroxyl groups is 1. The molecule has 2 N–H and O–H groups in total. The maximum Gasteiger partial charge on any atom is 0.296 e. The number of halogens is 1. The van der Waals surface area contributed by atoms with Gasteiger partial charge in [-0.25, -0.2) is 9.97 Å². The van der Waals surface area contributed by atoms with Gasteiger partial charge in [0.15, 0.2) is 17.3 Å². The lowest BCUT2D eigenvalue weighted by Crippen LogP contribution is -2.27. The maximum absolute atomic E-state index is 12.7. The number of nitrogens with zero attached hydrogens (tertiary/aromatic N) is 5. The number of rotatable bonds is 4. The standard InChI is InChI=1S/C20H17ClN6O4/c1-26-17(25-15(16(28)20(26)30)19(29)23-11-8-22-31-9-11)18-24-13-6-5-10(21)7-14(13)27(18)12-3-2-4-12/h5-9,12,28H,2-4H2,1H3,(H,23,29). The van der Waals surface area contributed by atoms with E-state index in [-0.39, 0.29) is 17.6 Å². The highest BCUT2D eigenvalue weighted by molar-refractivity contribution is 6.31. The van der Waals surface area contributed by atoms with Crippen LogP contribution in [0.25, 0.3) is 22.7 Å². The van der Waals surface area contributed by atoms with E-state index in [0.29, 0.717) is 16.4 Å². The Morgan fingerprint density at radius 1 is 1.29 bits per heavy atom. The minimum Gasteiger partial charge on any atom is -0.501 e. The normalized spacial score (nSPS) is 14.0. The molecule has 1 amide bonds. The molecule has 1 aliphatic carbocycles. The Bertz CT molecular complexity index is 1370. The Morgan fingerprint density at radius 3 is 2.77 bits per heavy atom. The molecule has 0 saturated heterocycles. The fourth-order valence-corrected chi connectivity index (χ4v) is 3.81. The van der Waals surface area contributed by atoms with Gasteiger partial charge in [0.25, 0.3) is 11.5 Å². The lowest BCUT2D eigenvalue weighted by atomic mass is 9.92. The van der Waals surface area contributed by atoms with E-state index in [9.17, 15) is 14.7 Å². The number of anilines is 1. The van der Waals surface area contributed by atoms with Crippen LogP contribution in [0.1, 0.15) is 35.8 Å². The summed E-state index contributed by atoms with van der Waals surface area (Å²) in [6.45, 7) is 0. The van der Waals surface area contributed by atoms with Gasteiger partial charge >= 0.3 is 0 Å². The minimum absolute atomic E-state index is 0.164. The smallest absolute Gasteiger partial charge is 0.296 e. The van der Waals surface area contributed by atoms with Gasteiger partial charge in [0, 0.05) is 18.1 Å². The first-order valence-corrected chi connectivity index (χ1v) is 10.0. The van der Waals surface area contributed by atoms with Gasteiger partial charge in [0.05, 0.1) is 17.2 Å². The van der Waals surface area contributed by atoms with Crippen molar-refractivity contribution in [2.75, 3.05) is 5.32 Å². The van der Waals surface area contributed by atoms with Crippen molar-refractivity contribution in [3.05, 3.63) is 51.7 Å². The fraction of sp³-hybridized carbons (Fsp3) is 0.250. The zero-order valence-electron chi connectivity index (χ0n) is 16.4. The third kappa shape index (κ3) is 3.15. The van der Waals surface area contributed by atoms with Crippen LogP contribution in [0, 0.1) is 0 Å². The SMILES string of the molecule is Cn1c(-c2nc3ccc(Cl)cc3n2C2CCC2)nc(C(=O)Nc2cnoc2)c(O)c1=O. The Labute approximate surface area is 180 Å². The topological polar surface area (TPSA) is 128 Å². The van der Waals surface area contributed by atoms with Crippen LogP contribution in [-0.4, -0.2) is 35.3 Å². The monoisotopic (exact) mass is 440 g/mol. The second kappa shape index (κ2) is 7.24. The van der Waals surface area contributed by atoms with Crippen molar-refractivity contribution in [2.45, 2.75) is 25.3 Å². The lowest BCUT2D eigenvalue weighted by molar-refractivity contribution is 0.101. The molecular formula is C20H17ClN6O4. The van der Waals surface area contributed by atoms with E-state index in [0.717, 1.165) is 24.8 Å². The molecule has 10 nitrogen and oxygen atoms in total. The van der Waals surface area contributed by atoms with Gasteiger partial charge in [0.2, 0.25) is 5.75 Å². The predicted octanol–water partition coefficient (Wildman–Crippen LogP) is 3.12. The molecule has 0 atom stereocenters. The highest BCUT2D eigenvalue weighted by Crippen LogP contribution is 2.38. The van der Waals surface area contributed by atoms with Crippen LogP contribution in [0.3, 0.4) is 0 Å². The van der Waals surface area contributed by atoms with Gasteiger partial charge < -0.3 is 19.5 Å². The van der Waals surface area contributed by atoms with Gasteiger partial charge in [-0.2, -0.15) is 0 Å². The predicted molar refractivity (Wildman–Crippen MR) is 112 cm³/mol. The Morgan fingerprint density at radius 2 is 2.10 bits per heavy atom. The lowest BCUT2D eigenvalue weighted by Gasteiger charge is -2.29. The average molecular weight is 441 g/mol. The number of nitrogens with one attached hydrogen (secondary N) is 1. The molecular weight excluding hydrogens is 424 g/mol. The molecule has 4 aromatic rings. The molecule has 0 radical (unpaired) electrons. The first-order valence-electron chi connectivity index (χ1n) is 9.62. The summed E-state index contributed by atoms with van der Waals surface area (Å²) in [7, 11) is 1.48. The summed E-state index contributed by atoms with van der Waals surface area (Å²) in [6.07, 6.45) is 5.50. The Hall–Kier alpha value is -3.66. The molecule has 5 rings (SSSR count). The van der Waals surface area contributed by atoms with E-state index in [2.05, 4.69) is 25.0 Å². The van der Waals surface area contributed by atoms with E-state index in [4.69, 9.17) is 11.6 Å². The summed E-state index contributed by atoms with van der Waals surface area (Å²) < 4.78 is 7.87. The number of hydrogen-bond acceptors (Lipinski definition) is 7. The third-order valence-corrected chi connectivity index (χ3v) is 5.70. The number of fused-ring (bicyclic) bond motifs is 1. The van der Waals surface area contributed by atoms with Gasteiger partial charge in [-0.3, -0.25) is 14.2 Å². The molecule has 11 heteroatoms. The van der Waals surface area contributed by atoms with Crippen LogP contribution in [0.2, 0.25) is 5.02 Å². The molecule has 3 aromatic heterocycles. The summed E-state index contributed by atoms with van der Waals surface area (Å²) in [5.41, 5.74) is 0.620. The van der Waals surface area contributed by atoms with Crippen molar-refractivity contribution in [1.29, 1.82) is 0 Å². The third-order valence-electron chi connectivity index (χ3n) is 5.46. The quantitative estimate of drug-likeness (QED) is 0.498. The van der Waals surface area contributed by atoms with Crippen molar-refractivity contribution >= 4 is 34.2 Å². The van der Waals surface area contributed by atoms with Gasteiger partial charge in [0.1, 0.15) is 12.0 Å². The molecule has 0 unspecified atom stereocenters. The van der Waals surface area contributed by atoms with Crippen LogP contribution >= 0.6 is 11.6 Å². The molecule has 0 spiro atoms. The van der Waals surface area contributed by atoms with E-state index >= 15 is 0 Å². The Balaban J connectivity index is 1.70. The summed E-state index contributed by atoms with van der Waals surface area (Å²) in [5.74, 6) is -0.929. The van der Waals surface area contributed by atoms with Gasteiger partial charge in [-0.05, 0) is 37.5 Å². The van der Waals surface area contributed by atoms with Crippen molar-refractivity contribution in [3.8, 4) is 17.4 Å². The summed E-state index contributed by atoms with van der Waals surface area (Å²) in [6, 6.07) is 5.55. The van der Waals surface area contributed by atoms with Crippen molar-refractivity contribution in [3.63, 3.8) is 0 Å². The number of benzene rings is 1. The first-order chi connectivity index (χ1) is 14.9. The molecule has 3 heterocycles. The maximum atomic E-state index is 12.7. The number of aromatic nitrogens is 5. The van der Waals surface area contributed by atoms with E-state index in [1.54, 1.807) is 12.1 Å². The van der Waals surface area contributed by atoms with Crippen LogP contribution in [0.15, 0.2) is 40.0 Å². The molecule has 1 aromatic carbocycles.